The van der Waals surface area contributed by atoms with E-state index in [1.807, 2.05) is 6.07 Å². The van der Waals surface area contributed by atoms with Crippen molar-refractivity contribution < 1.29 is 19.0 Å². The second-order valence-electron chi connectivity index (χ2n) is 5.02. The topological polar surface area (TPSA) is 68.8 Å². The largest absolute Gasteiger partial charge is 0.496 e. The molecule has 0 fully saturated rings. The third kappa shape index (κ3) is 3.64. The molecule has 1 aliphatic heterocycles. The van der Waals surface area contributed by atoms with E-state index in [1.54, 1.807) is 34.1 Å². The van der Waals surface area contributed by atoms with Gasteiger partial charge in [-0.1, -0.05) is 0 Å². The van der Waals surface area contributed by atoms with E-state index in [9.17, 15) is 4.79 Å². The van der Waals surface area contributed by atoms with Crippen LogP contribution in [0.15, 0.2) is 27.9 Å². The molecule has 130 valence electrons. The van der Waals surface area contributed by atoms with Crippen molar-refractivity contribution in [2.24, 2.45) is 0 Å². The average molecular weight is 415 g/mol. The Hall–Kier alpha value is -1.80. The maximum Gasteiger partial charge on any atom is 0.338 e. The van der Waals surface area contributed by atoms with Crippen molar-refractivity contribution in [1.29, 1.82) is 0 Å². The van der Waals surface area contributed by atoms with Crippen molar-refractivity contribution >= 4 is 39.2 Å². The smallest absolute Gasteiger partial charge is 0.338 e. The number of benzene rings is 1. The molecule has 2 rings (SSSR count). The van der Waals surface area contributed by atoms with Gasteiger partial charge in [-0.3, -0.25) is 0 Å². The molecule has 6 nitrogen and oxygen atoms in total. The van der Waals surface area contributed by atoms with Gasteiger partial charge < -0.3 is 24.8 Å². The van der Waals surface area contributed by atoms with Gasteiger partial charge in [0, 0.05) is 17.3 Å². The van der Waals surface area contributed by atoms with Gasteiger partial charge in [-0.05, 0) is 48.1 Å². The molecule has 0 radical (unpaired) electrons. The van der Waals surface area contributed by atoms with E-state index in [4.69, 9.17) is 26.4 Å². The molecule has 2 N–H and O–H groups in total. The summed E-state index contributed by atoms with van der Waals surface area (Å²) in [6.07, 6.45) is 0. The van der Waals surface area contributed by atoms with E-state index >= 15 is 0 Å². The summed E-state index contributed by atoms with van der Waals surface area (Å²) in [4.78, 5) is 12.4. The first-order valence-corrected chi connectivity index (χ1v) is 8.49. The number of rotatable bonds is 5. The SMILES string of the molecule is CCOC(=O)C1=C(C)NC(=S)N[C@H]1c1cc(Br)c(OC)cc1OC. The number of thiocarbonyl (C=S) groups is 1. The molecule has 24 heavy (non-hydrogen) atoms. The first kappa shape index (κ1) is 18.5. The zero-order valence-electron chi connectivity index (χ0n) is 13.9. The van der Waals surface area contributed by atoms with Gasteiger partial charge in [0.1, 0.15) is 11.5 Å². The lowest BCUT2D eigenvalue weighted by molar-refractivity contribution is -0.139. The van der Waals surface area contributed by atoms with Gasteiger partial charge in [0.25, 0.3) is 0 Å². The van der Waals surface area contributed by atoms with Crippen molar-refractivity contribution in [2.75, 3.05) is 20.8 Å². The Labute approximate surface area is 154 Å². The van der Waals surface area contributed by atoms with Crippen LogP contribution in [0.3, 0.4) is 0 Å². The van der Waals surface area contributed by atoms with Crippen LogP contribution in [0.25, 0.3) is 0 Å². The Balaban J connectivity index is 2.59. The second kappa shape index (κ2) is 7.85. The van der Waals surface area contributed by atoms with E-state index in [0.717, 1.165) is 10.0 Å². The Kier molecular flexibility index (Phi) is 6.06. The number of hydrogen-bond acceptors (Lipinski definition) is 5. The van der Waals surface area contributed by atoms with Crippen LogP contribution in [0.4, 0.5) is 0 Å². The lowest BCUT2D eigenvalue weighted by Crippen LogP contribution is -2.45. The zero-order chi connectivity index (χ0) is 17.9. The Morgan fingerprint density at radius 1 is 1.29 bits per heavy atom. The van der Waals surface area contributed by atoms with Gasteiger partial charge in [-0.15, -0.1) is 0 Å². The molecule has 8 heteroatoms. The highest BCUT2D eigenvalue weighted by Gasteiger charge is 2.33. The number of halogens is 1. The van der Waals surface area contributed by atoms with Gasteiger partial charge in [0.15, 0.2) is 5.11 Å². The van der Waals surface area contributed by atoms with Crippen LogP contribution in [0.2, 0.25) is 0 Å². The predicted molar refractivity (Wildman–Crippen MR) is 98.2 cm³/mol. The number of methoxy groups -OCH3 is 2. The first-order valence-electron chi connectivity index (χ1n) is 7.29. The summed E-state index contributed by atoms with van der Waals surface area (Å²) in [5.74, 6) is 0.800. The summed E-state index contributed by atoms with van der Waals surface area (Å²) < 4.78 is 16.7. The third-order valence-electron chi connectivity index (χ3n) is 3.58. The Bertz CT molecular complexity index is 706. The molecule has 1 aromatic carbocycles. The number of hydrogen-bond donors (Lipinski definition) is 2. The fourth-order valence-corrected chi connectivity index (χ4v) is 3.31. The molecule has 1 aromatic rings. The van der Waals surface area contributed by atoms with Crippen LogP contribution < -0.4 is 20.1 Å². The minimum Gasteiger partial charge on any atom is -0.496 e. The van der Waals surface area contributed by atoms with Crippen molar-refractivity contribution in [3.63, 3.8) is 0 Å². The summed E-state index contributed by atoms with van der Waals surface area (Å²) in [5.41, 5.74) is 1.86. The molecular weight excluding hydrogens is 396 g/mol. The van der Waals surface area contributed by atoms with E-state index < -0.39 is 12.0 Å². The van der Waals surface area contributed by atoms with Gasteiger partial charge in [-0.2, -0.15) is 0 Å². The fourth-order valence-electron chi connectivity index (χ4n) is 2.52. The maximum atomic E-state index is 12.4. The standard InChI is InChI=1S/C16H19BrN2O4S/c1-5-23-15(20)13-8(2)18-16(24)19-14(13)9-6-10(17)12(22-4)7-11(9)21-3/h6-7,14H,5H2,1-4H3,(H2,18,19,24)/t14-/m0/s1. The van der Waals surface area contributed by atoms with Crippen molar-refractivity contribution in [2.45, 2.75) is 19.9 Å². The normalized spacial score (nSPS) is 17.0. The molecule has 0 unspecified atom stereocenters. The van der Waals surface area contributed by atoms with Crippen molar-refractivity contribution in [3.05, 3.63) is 33.4 Å². The summed E-state index contributed by atoms with van der Waals surface area (Å²) in [7, 11) is 3.14. The molecule has 0 aliphatic carbocycles. The maximum absolute atomic E-state index is 12.4. The number of allylic oxidation sites excluding steroid dienone is 1. The minimum absolute atomic E-state index is 0.288. The highest BCUT2D eigenvalue weighted by Crippen LogP contribution is 2.39. The first-order chi connectivity index (χ1) is 11.4. The Morgan fingerprint density at radius 3 is 2.54 bits per heavy atom. The van der Waals surface area contributed by atoms with E-state index in [1.165, 1.54) is 0 Å². The summed E-state index contributed by atoms with van der Waals surface area (Å²) in [6, 6.07) is 3.11. The molecule has 0 spiro atoms. The molecule has 0 saturated heterocycles. The number of ether oxygens (including phenoxy) is 3. The lowest BCUT2D eigenvalue weighted by atomic mass is 9.94. The van der Waals surface area contributed by atoms with Crippen LogP contribution in [0, 0.1) is 0 Å². The van der Waals surface area contributed by atoms with E-state index in [2.05, 4.69) is 26.6 Å². The second-order valence-corrected chi connectivity index (χ2v) is 6.28. The monoisotopic (exact) mass is 414 g/mol. The van der Waals surface area contributed by atoms with Crippen molar-refractivity contribution in [3.8, 4) is 11.5 Å². The van der Waals surface area contributed by atoms with E-state index in [0.29, 0.717) is 27.9 Å². The van der Waals surface area contributed by atoms with Crippen LogP contribution >= 0.6 is 28.1 Å². The molecule has 1 atom stereocenters. The highest BCUT2D eigenvalue weighted by atomic mass is 79.9. The summed E-state index contributed by atoms with van der Waals surface area (Å²) in [5, 5.41) is 6.51. The van der Waals surface area contributed by atoms with Crippen molar-refractivity contribution in [1.82, 2.24) is 10.6 Å². The van der Waals surface area contributed by atoms with Crippen LogP contribution in [-0.4, -0.2) is 31.9 Å². The van der Waals surface area contributed by atoms with Gasteiger partial charge in [0.2, 0.25) is 0 Å². The third-order valence-corrected chi connectivity index (χ3v) is 4.42. The molecule has 0 saturated carbocycles. The van der Waals surface area contributed by atoms with E-state index in [-0.39, 0.29) is 6.61 Å². The number of esters is 1. The molecule has 0 bridgehead atoms. The molecule has 1 aliphatic rings. The van der Waals surface area contributed by atoms with Crippen LogP contribution in [-0.2, 0) is 9.53 Å². The number of nitrogens with one attached hydrogen (secondary N) is 2. The Morgan fingerprint density at radius 2 is 1.96 bits per heavy atom. The lowest BCUT2D eigenvalue weighted by Gasteiger charge is -2.30. The molecule has 0 aromatic heterocycles. The average Bonchev–Trinajstić information content (AvgIpc) is 2.53. The number of carbonyl (C=O) groups is 1. The quantitative estimate of drug-likeness (QED) is 0.566. The predicted octanol–water partition coefficient (Wildman–Crippen LogP) is 2.82. The van der Waals surface area contributed by atoms with Gasteiger partial charge in [-0.25, -0.2) is 4.79 Å². The van der Waals surface area contributed by atoms with Gasteiger partial charge >= 0.3 is 5.97 Å². The zero-order valence-corrected chi connectivity index (χ0v) is 16.3. The summed E-state index contributed by atoms with van der Waals surface area (Å²) in [6.45, 7) is 3.84. The van der Waals surface area contributed by atoms with Crippen LogP contribution in [0.1, 0.15) is 25.5 Å². The molecule has 0 amide bonds. The minimum atomic E-state index is -0.491. The number of carbonyl (C=O) groups excluding carboxylic acids is 1. The fraction of sp³-hybridized carbons (Fsp3) is 0.375. The van der Waals surface area contributed by atoms with Crippen LogP contribution in [0.5, 0.6) is 11.5 Å². The molecule has 1 heterocycles. The highest BCUT2D eigenvalue weighted by molar-refractivity contribution is 9.10. The molecular formula is C16H19BrN2O4S. The van der Waals surface area contributed by atoms with Gasteiger partial charge in [0.05, 0.1) is 36.9 Å². The summed E-state index contributed by atoms with van der Waals surface area (Å²) >= 11 is 8.71.